The molecule has 0 spiro atoms. The Balaban J connectivity index is 2.28. The molecule has 0 atom stereocenters. The van der Waals surface area contributed by atoms with Crippen molar-refractivity contribution in [3.63, 3.8) is 0 Å². The number of carbonyl (C=O) groups excluding carboxylic acids is 1. The highest BCUT2D eigenvalue weighted by molar-refractivity contribution is 9.11. The van der Waals surface area contributed by atoms with Crippen LogP contribution < -0.4 is 10.1 Å². The number of carbonyl (C=O) groups is 2. The molecule has 0 unspecified atom stereocenters. The largest absolute Gasteiger partial charge is 0.487 e. The van der Waals surface area contributed by atoms with E-state index in [1.54, 1.807) is 42.5 Å². The number of rotatable bonds is 7. The van der Waals surface area contributed by atoms with Gasteiger partial charge in [-0.15, -0.1) is 0 Å². The smallest absolute Gasteiger partial charge is 0.352 e. The lowest BCUT2D eigenvalue weighted by molar-refractivity contribution is -0.132. The standard InChI is InChI=1S/C20H17Br2NO4/c1-12(2)11-27-18-15(21)8-13(9-16(18)22)10-17(20(25)26)23-19(24)14-6-4-3-5-7-14/h3-10H,1,11H2,2H3,(H,23,24)(H,25,26). The zero-order valence-corrected chi connectivity index (χ0v) is 17.6. The van der Waals surface area contributed by atoms with Crippen LogP contribution in [0.3, 0.4) is 0 Å². The zero-order valence-electron chi connectivity index (χ0n) is 14.5. The predicted molar refractivity (Wildman–Crippen MR) is 112 cm³/mol. The zero-order chi connectivity index (χ0) is 20.0. The molecule has 2 N–H and O–H groups in total. The number of aliphatic carboxylic acids is 1. The first-order valence-corrected chi connectivity index (χ1v) is 9.44. The second-order valence-electron chi connectivity index (χ2n) is 5.74. The monoisotopic (exact) mass is 493 g/mol. The van der Waals surface area contributed by atoms with Gasteiger partial charge in [0.1, 0.15) is 18.1 Å². The van der Waals surface area contributed by atoms with Crippen LogP contribution in [0.5, 0.6) is 5.75 Å². The van der Waals surface area contributed by atoms with Gasteiger partial charge in [-0.2, -0.15) is 0 Å². The van der Waals surface area contributed by atoms with E-state index in [2.05, 4.69) is 43.8 Å². The molecule has 0 aromatic heterocycles. The minimum atomic E-state index is -1.24. The van der Waals surface area contributed by atoms with E-state index in [0.717, 1.165) is 5.57 Å². The summed E-state index contributed by atoms with van der Waals surface area (Å²) in [5.41, 5.74) is 1.57. The van der Waals surface area contributed by atoms with Gasteiger partial charge >= 0.3 is 5.97 Å². The summed E-state index contributed by atoms with van der Waals surface area (Å²) in [5, 5.41) is 11.9. The Morgan fingerprint density at radius 2 is 1.78 bits per heavy atom. The molecular weight excluding hydrogens is 478 g/mol. The van der Waals surface area contributed by atoms with Crippen LogP contribution in [0.4, 0.5) is 0 Å². The molecule has 5 nitrogen and oxygen atoms in total. The van der Waals surface area contributed by atoms with Crippen LogP contribution in [0, 0.1) is 0 Å². The predicted octanol–water partition coefficient (Wildman–Crippen LogP) is 5.02. The number of halogens is 2. The van der Waals surface area contributed by atoms with Crippen molar-refractivity contribution < 1.29 is 19.4 Å². The number of nitrogens with one attached hydrogen (secondary N) is 1. The molecular formula is C20H17Br2NO4. The molecule has 0 heterocycles. The van der Waals surface area contributed by atoms with Gasteiger partial charge in [0, 0.05) is 5.56 Å². The van der Waals surface area contributed by atoms with Crippen molar-refractivity contribution >= 4 is 49.8 Å². The van der Waals surface area contributed by atoms with Crippen molar-refractivity contribution in [1.82, 2.24) is 5.32 Å². The van der Waals surface area contributed by atoms with Crippen molar-refractivity contribution in [2.75, 3.05) is 6.61 Å². The summed E-state index contributed by atoms with van der Waals surface area (Å²) in [6.45, 7) is 6.00. The SMILES string of the molecule is C=C(C)COc1c(Br)cc(C=C(NC(=O)c2ccccc2)C(=O)O)cc1Br. The average Bonchev–Trinajstić information content (AvgIpc) is 2.60. The summed E-state index contributed by atoms with van der Waals surface area (Å²) in [7, 11) is 0. The van der Waals surface area contributed by atoms with E-state index >= 15 is 0 Å². The summed E-state index contributed by atoms with van der Waals surface area (Å²) < 4.78 is 6.94. The molecule has 0 bridgehead atoms. The van der Waals surface area contributed by atoms with Crippen molar-refractivity contribution in [2.45, 2.75) is 6.92 Å². The Labute approximate surface area is 174 Å². The highest BCUT2D eigenvalue weighted by atomic mass is 79.9. The van der Waals surface area contributed by atoms with Gasteiger partial charge in [0.25, 0.3) is 5.91 Å². The van der Waals surface area contributed by atoms with Gasteiger partial charge in [-0.05, 0) is 80.3 Å². The van der Waals surface area contributed by atoms with E-state index in [-0.39, 0.29) is 5.70 Å². The van der Waals surface area contributed by atoms with Gasteiger partial charge < -0.3 is 15.2 Å². The molecule has 140 valence electrons. The van der Waals surface area contributed by atoms with E-state index in [1.807, 2.05) is 6.92 Å². The number of carboxylic acid groups (broad SMARTS) is 1. The number of carboxylic acids is 1. The molecule has 0 fully saturated rings. The van der Waals surface area contributed by atoms with Gasteiger partial charge in [0.15, 0.2) is 0 Å². The third kappa shape index (κ3) is 6.08. The summed E-state index contributed by atoms with van der Waals surface area (Å²) in [6.07, 6.45) is 1.38. The van der Waals surface area contributed by atoms with Crippen molar-refractivity contribution in [1.29, 1.82) is 0 Å². The Morgan fingerprint density at radius 3 is 2.30 bits per heavy atom. The fourth-order valence-electron chi connectivity index (χ4n) is 2.10. The van der Waals surface area contributed by atoms with E-state index in [1.165, 1.54) is 6.08 Å². The van der Waals surface area contributed by atoms with Crippen LogP contribution in [0.1, 0.15) is 22.8 Å². The third-order valence-electron chi connectivity index (χ3n) is 3.31. The number of amides is 1. The number of benzene rings is 2. The summed E-state index contributed by atoms with van der Waals surface area (Å²) >= 11 is 6.83. The normalized spacial score (nSPS) is 11.0. The van der Waals surface area contributed by atoms with Gasteiger partial charge in [0.05, 0.1) is 8.95 Å². The molecule has 0 radical (unpaired) electrons. The fraction of sp³-hybridized carbons (Fsp3) is 0.100. The van der Waals surface area contributed by atoms with Gasteiger partial charge in [-0.25, -0.2) is 4.79 Å². The first kappa shape index (κ1) is 20.9. The first-order chi connectivity index (χ1) is 12.8. The number of hydrogen-bond acceptors (Lipinski definition) is 3. The van der Waals surface area contributed by atoms with Crippen LogP contribution in [-0.4, -0.2) is 23.6 Å². The Kier molecular flexibility index (Phi) is 7.38. The van der Waals surface area contributed by atoms with Crippen molar-refractivity contribution in [3.05, 3.63) is 80.4 Å². The van der Waals surface area contributed by atoms with Crippen LogP contribution >= 0.6 is 31.9 Å². The van der Waals surface area contributed by atoms with Crippen molar-refractivity contribution in [3.8, 4) is 5.75 Å². The minimum absolute atomic E-state index is 0.238. The van der Waals surface area contributed by atoms with Crippen LogP contribution in [-0.2, 0) is 4.79 Å². The highest BCUT2D eigenvalue weighted by Crippen LogP contribution is 2.35. The molecule has 1 amide bonds. The second-order valence-corrected chi connectivity index (χ2v) is 7.45. The van der Waals surface area contributed by atoms with Gasteiger partial charge in [-0.3, -0.25) is 4.79 Å². The van der Waals surface area contributed by atoms with Crippen LogP contribution in [0.25, 0.3) is 6.08 Å². The lowest BCUT2D eigenvalue weighted by Crippen LogP contribution is -2.27. The molecule has 0 saturated carbocycles. The topological polar surface area (TPSA) is 75.6 Å². The Hall–Kier alpha value is -2.38. The quantitative estimate of drug-likeness (QED) is 0.418. The second kappa shape index (κ2) is 9.53. The molecule has 2 rings (SSSR count). The van der Waals surface area contributed by atoms with Crippen molar-refractivity contribution in [2.24, 2.45) is 0 Å². The van der Waals surface area contributed by atoms with Crippen LogP contribution in [0.15, 0.2) is 69.3 Å². The van der Waals surface area contributed by atoms with E-state index in [0.29, 0.717) is 32.4 Å². The average molecular weight is 495 g/mol. The maximum atomic E-state index is 12.2. The molecule has 0 aliphatic rings. The Bertz CT molecular complexity index is 884. The van der Waals surface area contributed by atoms with E-state index in [4.69, 9.17) is 4.74 Å². The molecule has 0 aliphatic heterocycles. The van der Waals surface area contributed by atoms with Gasteiger partial charge in [0.2, 0.25) is 0 Å². The molecule has 2 aromatic carbocycles. The molecule has 0 saturated heterocycles. The maximum Gasteiger partial charge on any atom is 0.352 e. The minimum Gasteiger partial charge on any atom is -0.487 e. The summed E-state index contributed by atoms with van der Waals surface area (Å²) in [6, 6.07) is 11.8. The third-order valence-corrected chi connectivity index (χ3v) is 4.49. The summed E-state index contributed by atoms with van der Waals surface area (Å²) in [4.78, 5) is 23.8. The van der Waals surface area contributed by atoms with Gasteiger partial charge in [-0.1, -0.05) is 24.8 Å². The molecule has 7 heteroatoms. The molecule has 2 aromatic rings. The lowest BCUT2D eigenvalue weighted by Gasteiger charge is -2.12. The molecule has 0 aliphatic carbocycles. The first-order valence-electron chi connectivity index (χ1n) is 7.85. The maximum absolute atomic E-state index is 12.2. The van der Waals surface area contributed by atoms with E-state index in [9.17, 15) is 14.7 Å². The highest BCUT2D eigenvalue weighted by Gasteiger charge is 2.15. The number of hydrogen-bond donors (Lipinski definition) is 2. The van der Waals surface area contributed by atoms with E-state index < -0.39 is 11.9 Å². The fourth-order valence-corrected chi connectivity index (χ4v) is 3.55. The molecule has 27 heavy (non-hydrogen) atoms. The Morgan fingerprint density at radius 1 is 1.19 bits per heavy atom. The van der Waals surface area contributed by atoms with Crippen LogP contribution in [0.2, 0.25) is 0 Å². The summed E-state index contributed by atoms with van der Waals surface area (Å²) in [5.74, 6) is -1.15. The lowest BCUT2D eigenvalue weighted by atomic mass is 10.1. The number of ether oxygens (including phenoxy) is 1.